The number of halogens is 2. The van der Waals surface area contributed by atoms with Crippen molar-refractivity contribution in [2.24, 2.45) is 5.92 Å². The Bertz CT molecular complexity index is 372. The highest BCUT2D eigenvalue weighted by Crippen LogP contribution is 2.33. The molecule has 0 N–H and O–H groups in total. The van der Waals surface area contributed by atoms with E-state index in [1.54, 1.807) is 6.07 Å². The van der Waals surface area contributed by atoms with E-state index in [1.165, 1.54) is 25.3 Å². The van der Waals surface area contributed by atoms with Crippen molar-refractivity contribution in [2.45, 2.75) is 38.7 Å². The molecular formula is C14H18ClFO. The summed E-state index contributed by atoms with van der Waals surface area (Å²) >= 11 is 5.67. The summed E-state index contributed by atoms with van der Waals surface area (Å²) in [5.74, 6) is 0.317. The predicted octanol–water partition coefficient (Wildman–Crippen LogP) is 4.75. The average Bonchev–Trinajstić information content (AvgIpc) is 2.34. The molecule has 2 atom stereocenters. The Morgan fingerprint density at radius 3 is 2.82 bits per heavy atom. The van der Waals surface area contributed by atoms with Gasteiger partial charge < -0.3 is 4.74 Å². The number of hydrogen-bond donors (Lipinski definition) is 0. The Kier molecular flexibility index (Phi) is 4.41. The van der Waals surface area contributed by atoms with E-state index in [0.717, 1.165) is 18.6 Å². The molecule has 1 nitrogen and oxygen atoms in total. The number of rotatable bonds is 3. The van der Waals surface area contributed by atoms with Crippen molar-refractivity contribution in [3.63, 3.8) is 0 Å². The van der Waals surface area contributed by atoms with Crippen LogP contribution in [0.15, 0.2) is 18.2 Å². The topological polar surface area (TPSA) is 9.23 Å². The zero-order valence-electron chi connectivity index (χ0n) is 10.1. The lowest BCUT2D eigenvalue weighted by molar-refractivity contribution is -0.0196. The molecule has 0 bridgehead atoms. The Hall–Kier alpha value is -0.600. The van der Waals surface area contributed by atoms with Crippen LogP contribution in [0.5, 0.6) is 0 Å². The third-order valence-corrected chi connectivity index (χ3v) is 3.69. The summed E-state index contributed by atoms with van der Waals surface area (Å²) < 4.78 is 19.2. The van der Waals surface area contributed by atoms with Crippen molar-refractivity contribution in [1.29, 1.82) is 0 Å². The molecule has 0 amide bonds. The first-order valence-electron chi connectivity index (χ1n) is 6.27. The minimum absolute atomic E-state index is 0.0369. The molecule has 3 heteroatoms. The average molecular weight is 257 g/mol. The molecule has 1 aliphatic rings. The smallest absolute Gasteiger partial charge is 0.142 e. The third-order valence-electron chi connectivity index (χ3n) is 3.38. The van der Waals surface area contributed by atoms with Crippen molar-refractivity contribution in [1.82, 2.24) is 0 Å². The molecule has 1 aromatic rings. The summed E-state index contributed by atoms with van der Waals surface area (Å²) in [6, 6.07) is 4.96. The quantitative estimate of drug-likeness (QED) is 0.759. The van der Waals surface area contributed by atoms with Crippen LogP contribution in [-0.2, 0) is 4.74 Å². The van der Waals surface area contributed by atoms with Crippen LogP contribution < -0.4 is 0 Å². The van der Waals surface area contributed by atoms with Crippen LogP contribution in [0, 0.1) is 11.7 Å². The van der Waals surface area contributed by atoms with Crippen molar-refractivity contribution in [2.75, 3.05) is 6.61 Å². The lowest BCUT2D eigenvalue weighted by Crippen LogP contribution is -2.20. The fourth-order valence-electron chi connectivity index (χ4n) is 2.42. The van der Waals surface area contributed by atoms with Gasteiger partial charge in [-0.3, -0.25) is 0 Å². The Morgan fingerprint density at radius 1 is 1.41 bits per heavy atom. The van der Waals surface area contributed by atoms with E-state index in [-0.39, 0.29) is 16.9 Å². The van der Waals surface area contributed by atoms with Gasteiger partial charge in [0.2, 0.25) is 0 Å². The van der Waals surface area contributed by atoms with E-state index in [9.17, 15) is 4.39 Å². The summed E-state index contributed by atoms with van der Waals surface area (Å²) in [4.78, 5) is 0. The summed E-state index contributed by atoms with van der Waals surface area (Å²) in [6.45, 7) is 2.99. The summed E-state index contributed by atoms with van der Waals surface area (Å²) in [5.41, 5.74) is 0.904. The molecule has 1 aromatic carbocycles. The van der Waals surface area contributed by atoms with Gasteiger partial charge in [0.05, 0.1) is 17.7 Å². The van der Waals surface area contributed by atoms with Gasteiger partial charge in [-0.1, -0.05) is 31.0 Å². The van der Waals surface area contributed by atoms with Crippen LogP contribution in [-0.4, -0.2) is 6.61 Å². The van der Waals surface area contributed by atoms with Crippen molar-refractivity contribution < 1.29 is 9.13 Å². The van der Waals surface area contributed by atoms with Gasteiger partial charge in [-0.25, -0.2) is 4.39 Å². The molecule has 0 aliphatic carbocycles. The van der Waals surface area contributed by atoms with Crippen LogP contribution in [0.4, 0.5) is 4.39 Å². The van der Waals surface area contributed by atoms with Crippen LogP contribution in [0.25, 0.3) is 0 Å². The maximum absolute atomic E-state index is 13.3. The van der Waals surface area contributed by atoms with E-state index < -0.39 is 0 Å². The summed E-state index contributed by atoms with van der Waals surface area (Å²) in [6.07, 6.45) is 4.61. The monoisotopic (exact) mass is 256 g/mol. The molecule has 1 saturated heterocycles. The van der Waals surface area contributed by atoms with E-state index in [0.29, 0.717) is 5.92 Å². The van der Waals surface area contributed by atoms with Crippen molar-refractivity contribution >= 4 is 11.6 Å². The number of hydrogen-bond acceptors (Lipinski definition) is 1. The highest BCUT2D eigenvalue weighted by molar-refractivity contribution is 6.30. The molecule has 1 heterocycles. The second kappa shape index (κ2) is 5.83. The molecule has 94 valence electrons. The van der Waals surface area contributed by atoms with Gasteiger partial charge in [0.1, 0.15) is 5.82 Å². The van der Waals surface area contributed by atoms with Gasteiger partial charge in [0.25, 0.3) is 0 Å². The van der Waals surface area contributed by atoms with Crippen LogP contribution in [0.3, 0.4) is 0 Å². The maximum atomic E-state index is 13.3. The largest absolute Gasteiger partial charge is 0.373 e. The highest BCUT2D eigenvalue weighted by Gasteiger charge is 2.22. The van der Waals surface area contributed by atoms with Gasteiger partial charge in [0, 0.05) is 0 Å². The zero-order valence-corrected chi connectivity index (χ0v) is 10.8. The molecule has 1 aliphatic heterocycles. The standard InChI is InChI=1S/C14H18ClFO/c1-2-3-10-4-7-14(17-9-10)11-5-6-12(15)13(16)8-11/h5-6,8,10,14H,2-4,7,9H2,1H3. The van der Waals surface area contributed by atoms with Crippen LogP contribution >= 0.6 is 11.6 Å². The van der Waals surface area contributed by atoms with Crippen LogP contribution in [0.2, 0.25) is 5.02 Å². The van der Waals surface area contributed by atoms with E-state index in [2.05, 4.69) is 6.92 Å². The molecular weight excluding hydrogens is 239 g/mol. The number of ether oxygens (including phenoxy) is 1. The van der Waals surface area contributed by atoms with Crippen LogP contribution in [0.1, 0.15) is 44.3 Å². The van der Waals surface area contributed by atoms with E-state index in [4.69, 9.17) is 16.3 Å². The highest BCUT2D eigenvalue weighted by atomic mass is 35.5. The lowest BCUT2D eigenvalue weighted by atomic mass is 9.92. The predicted molar refractivity (Wildman–Crippen MR) is 67.7 cm³/mol. The minimum atomic E-state index is -0.358. The minimum Gasteiger partial charge on any atom is -0.373 e. The van der Waals surface area contributed by atoms with Crippen molar-refractivity contribution in [3.8, 4) is 0 Å². The first kappa shape index (κ1) is 12.8. The zero-order chi connectivity index (χ0) is 12.3. The molecule has 0 aromatic heterocycles. The fourth-order valence-corrected chi connectivity index (χ4v) is 2.53. The first-order chi connectivity index (χ1) is 8.20. The molecule has 0 radical (unpaired) electrons. The second-order valence-corrected chi connectivity index (χ2v) is 5.13. The van der Waals surface area contributed by atoms with Crippen molar-refractivity contribution in [3.05, 3.63) is 34.6 Å². The third kappa shape index (κ3) is 3.20. The van der Waals surface area contributed by atoms with Gasteiger partial charge >= 0.3 is 0 Å². The SMILES string of the molecule is CCCC1CCC(c2ccc(Cl)c(F)c2)OC1. The van der Waals surface area contributed by atoms with Gasteiger partial charge in [-0.2, -0.15) is 0 Å². The normalized spacial score (nSPS) is 24.9. The van der Waals surface area contributed by atoms with E-state index in [1.807, 2.05) is 6.07 Å². The van der Waals surface area contributed by atoms with E-state index >= 15 is 0 Å². The Morgan fingerprint density at radius 2 is 2.24 bits per heavy atom. The number of benzene rings is 1. The fraction of sp³-hybridized carbons (Fsp3) is 0.571. The molecule has 1 fully saturated rings. The molecule has 17 heavy (non-hydrogen) atoms. The first-order valence-corrected chi connectivity index (χ1v) is 6.65. The molecule has 2 rings (SSSR count). The molecule has 0 saturated carbocycles. The summed E-state index contributed by atoms with van der Waals surface area (Å²) in [5, 5.41) is 0.174. The van der Waals surface area contributed by atoms with Gasteiger partial charge in [-0.05, 0) is 42.9 Å². The molecule has 2 unspecified atom stereocenters. The lowest BCUT2D eigenvalue weighted by Gasteiger charge is -2.29. The molecule has 0 spiro atoms. The Balaban J connectivity index is 1.98. The maximum Gasteiger partial charge on any atom is 0.142 e. The van der Waals surface area contributed by atoms with Gasteiger partial charge in [0.15, 0.2) is 0 Å². The summed E-state index contributed by atoms with van der Waals surface area (Å²) in [7, 11) is 0. The Labute approximate surface area is 107 Å². The van der Waals surface area contributed by atoms with Gasteiger partial charge in [-0.15, -0.1) is 0 Å². The second-order valence-electron chi connectivity index (χ2n) is 4.73.